The molecule has 2 heterocycles. The third-order valence-electron chi connectivity index (χ3n) is 4.71. The SMILES string of the molecule is COC(=O)[C@@]1(CC2(F)COC2)CNC[C@H](C(C)(C)C)C1. The van der Waals surface area contributed by atoms with E-state index in [0.717, 1.165) is 6.54 Å². The van der Waals surface area contributed by atoms with Crippen LogP contribution in [0, 0.1) is 16.7 Å². The highest BCUT2D eigenvalue weighted by Gasteiger charge is 2.53. The summed E-state index contributed by atoms with van der Waals surface area (Å²) in [6.45, 7) is 7.99. The number of methoxy groups -OCH3 is 1. The zero-order valence-corrected chi connectivity index (χ0v) is 12.9. The summed E-state index contributed by atoms with van der Waals surface area (Å²) in [5.41, 5.74) is -2.08. The Morgan fingerprint density at radius 1 is 1.45 bits per heavy atom. The Morgan fingerprint density at radius 3 is 2.55 bits per heavy atom. The largest absolute Gasteiger partial charge is 0.469 e. The maximum Gasteiger partial charge on any atom is 0.313 e. The second-order valence-corrected chi connectivity index (χ2v) is 7.49. The molecule has 0 spiro atoms. The van der Waals surface area contributed by atoms with E-state index in [-0.39, 0.29) is 31.0 Å². The number of alkyl halides is 1. The fraction of sp³-hybridized carbons (Fsp3) is 0.933. The molecule has 116 valence electrons. The van der Waals surface area contributed by atoms with Gasteiger partial charge in [0, 0.05) is 13.0 Å². The average molecular weight is 287 g/mol. The van der Waals surface area contributed by atoms with E-state index in [0.29, 0.717) is 18.9 Å². The molecule has 2 atom stereocenters. The van der Waals surface area contributed by atoms with Gasteiger partial charge in [0.2, 0.25) is 0 Å². The number of hydrogen-bond donors (Lipinski definition) is 1. The lowest BCUT2D eigenvalue weighted by atomic mass is 9.64. The molecule has 4 nitrogen and oxygen atoms in total. The number of carbonyl (C=O) groups is 1. The van der Waals surface area contributed by atoms with E-state index in [9.17, 15) is 9.18 Å². The van der Waals surface area contributed by atoms with Crippen molar-refractivity contribution in [1.82, 2.24) is 5.32 Å². The molecule has 1 N–H and O–H groups in total. The molecule has 2 aliphatic rings. The third-order valence-corrected chi connectivity index (χ3v) is 4.71. The highest BCUT2D eigenvalue weighted by molar-refractivity contribution is 5.77. The Kier molecular flexibility index (Phi) is 4.13. The second kappa shape index (κ2) is 5.26. The van der Waals surface area contributed by atoms with Crippen LogP contribution >= 0.6 is 0 Å². The van der Waals surface area contributed by atoms with Gasteiger partial charge < -0.3 is 14.8 Å². The van der Waals surface area contributed by atoms with Crippen LogP contribution in [0.25, 0.3) is 0 Å². The Balaban J connectivity index is 2.20. The summed E-state index contributed by atoms with van der Waals surface area (Å²) in [4.78, 5) is 12.3. The molecule has 0 amide bonds. The van der Waals surface area contributed by atoms with Crippen LogP contribution < -0.4 is 5.32 Å². The first kappa shape index (κ1) is 15.7. The number of rotatable bonds is 3. The van der Waals surface area contributed by atoms with Gasteiger partial charge in [-0.15, -0.1) is 0 Å². The highest BCUT2D eigenvalue weighted by atomic mass is 19.1. The van der Waals surface area contributed by atoms with Gasteiger partial charge in [0.15, 0.2) is 5.67 Å². The summed E-state index contributed by atoms with van der Waals surface area (Å²) in [6, 6.07) is 0. The molecule has 0 saturated carbocycles. The van der Waals surface area contributed by atoms with Crippen molar-refractivity contribution in [3.8, 4) is 0 Å². The molecule has 0 unspecified atom stereocenters. The second-order valence-electron chi connectivity index (χ2n) is 7.49. The molecule has 2 aliphatic heterocycles. The highest BCUT2D eigenvalue weighted by Crippen LogP contribution is 2.46. The van der Waals surface area contributed by atoms with Crippen LogP contribution in [0.5, 0.6) is 0 Å². The van der Waals surface area contributed by atoms with Crippen molar-refractivity contribution < 1.29 is 18.7 Å². The van der Waals surface area contributed by atoms with Gasteiger partial charge in [-0.25, -0.2) is 4.39 Å². The van der Waals surface area contributed by atoms with E-state index < -0.39 is 11.1 Å². The number of halogens is 1. The van der Waals surface area contributed by atoms with E-state index in [1.165, 1.54) is 7.11 Å². The van der Waals surface area contributed by atoms with Crippen molar-refractivity contribution in [2.75, 3.05) is 33.4 Å². The zero-order valence-electron chi connectivity index (χ0n) is 12.9. The van der Waals surface area contributed by atoms with E-state index >= 15 is 0 Å². The third kappa shape index (κ3) is 2.98. The summed E-state index contributed by atoms with van der Waals surface area (Å²) in [6.07, 6.45) is 0.855. The Morgan fingerprint density at radius 2 is 2.10 bits per heavy atom. The van der Waals surface area contributed by atoms with Crippen molar-refractivity contribution in [1.29, 1.82) is 0 Å². The predicted molar refractivity (Wildman–Crippen MR) is 74.2 cm³/mol. The fourth-order valence-electron chi connectivity index (χ4n) is 3.32. The van der Waals surface area contributed by atoms with Gasteiger partial charge in [0.05, 0.1) is 25.7 Å². The van der Waals surface area contributed by atoms with Gasteiger partial charge in [-0.3, -0.25) is 4.79 Å². The molecule has 5 heteroatoms. The molecule has 0 aromatic carbocycles. The number of carbonyl (C=O) groups excluding carboxylic acids is 1. The minimum absolute atomic E-state index is 0.0757. The molecule has 2 fully saturated rings. The van der Waals surface area contributed by atoms with Crippen LogP contribution in [-0.2, 0) is 14.3 Å². The van der Waals surface area contributed by atoms with Crippen molar-refractivity contribution in [2.24, 2.45) is 16.7 Å². The first-order chi connectivity index (χ1) is 9.21. The standard InChI is InChI=1S/C15H26FNO3/c1-13(2,3)11-5-14(8-17-6-11,12(18)19-4)7-15(16)9-20-10-15/h11,17H,5-10H2,1-4H3/t11-,14+/m1/s1. The summed E-state index contributed by atoms with van der Waals surface area (Å²) in [5, 5.41) is 3.31. The molecular formula is C15H26FNO3. The van der Waals surface area contributed by atoms with Crippen LogP contribution in [0.15, 0.2) is 0 Å². The van der Waals surface area contributed by atoms with Crippen LogP contribution in [-0.4, -0.2) is 45.1 Å². The lowest BCUT2D eigenvalue weighted by molar-refractivity contribution is -0.177. The van der Waals surface area contributed by atoms with Crippen molar-refractivity contribution in [3.05, 3.63) is 0 Å². The van der Waals surface area contributed by atoms with Gasteiger partial charge in [-0.1, -0.05) is 20.8 Å². The van der Waals surface area contributed by atoms with Gasteiger partial charge >= 0.3 is 5.97 Å². The van der Waals surface area contributed by atoms with Crippen molar-refractivity contribution in [2.45, 2.75) is 39.3 Å². The smallest absolute Gasteiger partial charge is 0.313 e. The van der Waals surface area contributed by atoms with Crippen molar-refractivity contribution >= 4 is 5.97 Å². The number of nitrogens with one attached hydrogen (secondary N) is 1. The van der Waals surface area contributed by atoms with E-state index in [1.807, 2.05) is 0 Å². The summed E-state index contributed by atoms with van der Waals surface area (Å²) < 4.78 is 24.5. The summed E-state index contributed by atoms with van der Waals surface area (Å²) in [5.74, 6) is 0.0165. The topological polar surface area (TPSA) is 47.6 Å². The number of hydrogen-bond acceptors (Lipinski definition) is 4. The molecular weight excluding hydrogens is 261 g/mol. The van der Waals surface area contributed by atoms with Gasteiger partial charge in [-0.2, -0.15) is 0 Å². The minimum atomic E-state index is -1.38. The molecule has 2 saturated heterocycles. The average Bonchev–Trinajstić information content (AvgIpc) is 2.35. The van der Waals surface area contributed by atoms with E-state index in [4.69, 9.17) is 9.47 Å². The molecule has 0 radical (unpaired) electrons. The number of piperidine rings is 1. The molecule has 0 aliphatic carbocycles. The monoisotopic (exact) mass is 287 g/mol. The molecule has 0 aromatic heterocycles. The Bertz CT molecular complexity index is 376. The van der Waals surface area contributed by atoms with Crippen LogP contribution in [0.2, 0.25) is 0 Å². The zero-order chi connectivity index (χ0) is 15.0. The van der Waals surface area contributed by atoms with E-state index in [2.05, 4.69) is 26.1 Å². The van der Waals surface area contributed by atoms with Gasteiger partial charge in [-0.05, 0) is 24.3 Å². The molecule has 2 rings (SSSR count). The van der Waals surface area contributed by atoms with Crippen LogP contribution in [0.3, 0.4) is 0 Å². The Hall–Kier alpha value is -0.680. The minimum Gasteiger partial charge on any atom is -0.469 e. The van der Waals surface area contributed by atoms with E-state index in [1.54, 1.807) is 0 Å². The van der Waals surface area contributed by atoms with Crippen LogP contribution in [0.1, 0.15) is 33.6 Å². The maximum atomic E-state index is 14.5. The lowest BCUT2D eigenvalue weighted by Gasteiger charge is -2.47. The molecule has 0 bridgehead atoms. The maximum absolute atomic E-state index is 14.5. The first-order valence-electron chi connectivity index (χ1n) is 7.27. The fourth-order valence-corrected chi connectivity index (χ4v) is 3.32. The molecule has 0 aromatic rings. The lowest BCUT2D eigenvalue weighted by Crippen LogP contribution is -2.58. The normalized spacial score (nSPS) is 33.4. The van der Waals surface area contributed by atoms with Gasteiger partial charge in [0.25, 0.3) is 0 Å². The summed E-state index contributed by atoms with van der Waals surface area (Å²) in [7, 11) is 1.38. The quantitative estimate of drug-likeness (QED) is 0.806. The number of ether oxygens (including phenoxy) is 2. The van der Waals surface area contributed by atoms with Crippen molar-refractivity contribution in [3.63, 3.8) is 0 Å². The number of esters is 1. The molecule has 20 heavy (non-hydrogen) atoms. The van der Waals surface area contributed by atoms with Gasteiger partial charge in [0.1, 0.15) is 0 Å². The van der Waals surface area contributed by atoms with Crippen LogP contribution in [0.4, 0.5) is 4.39 Å². The Labute approximate surface area is 120 Å². The first-order valence-corrected chi connectivity index (χ1v) is 7.27. The predicted octanol–water partition coefficient (Wildman–Crippen LogP) is 1.93. The summed E-state index contributed by atoms with van der Waals surface area (Å²) >= 11 is 0.